The summed E-state index contributed by atoms with van der Waals surface area (Å²) in [5.41, 5.74) is -1.31. The molecule has 1 N–H and O–H groups in total. The largest absolute Gasteiger partial charge is 0.490 e. The minimum absolute atomic E-state index is 0.101. The lowest BCUT2D eigenvalue weighted by molar-refractivity contribution is -0.137. The van der Waals surface area contributed by atoms with Crippen LogP contribution in [0, 0.1) is 0 Å². The predicted octanol–water partition coefficient (Wildman–Crippen LogP) is 4.53. The van der Waals surface area contributed by atoms with Crippen LogP contribution in [0.1, 0.15) is 45.6 Å². The zero-order valence-electron chi connectivity index (χ0n) is 13.9. The molecule has 1 amide bonds. The summed E-state index contributed by atoms with van der Waals surface area (Å²) in [5.74, 6) is 0.188. The maximum Gasteiger partial charge on any atom is 0.416 e. The average molecular weight is 345 g/mol. The summed E-state index contributed by atoms with van der Waals surface area (Å²) in [6.07, 6.45) is -3.22. The molecule has 0 aromatic heterocycles. The maximum atomic E-state index is 12.7. The number of rotatable bonds is 3. The zero-order chi connectivity index (χ0) is 18.0. The van der Waals surface area contributed by atoms with Gasteiger partial charge in [0.05, 0.1) is 5.56 Å². The Bertz CT molecular complexity index is 581. The van der Waals surface area contributed by atoms with E-state index in [0.717, 1.165) is 12.1 Å². The molecular weight excluding hydrogens is 323 g/mol. The highest BCUT2D eigenvalue weighted by Crippen LogP contribution is 2.32. The molecule has 24 heavy (non-hydrogen) atoms. The van der Waals surface area contributed by atoms with Crippen molar-refractivity contribution >= 4 is 6.09 Å². The monoisotopic (exact) mass is 345 g/mol. The van der Waals surface area contributed by atoms with E-state index in [1.54, 1.807) is 20.8 Å². The van der Waals surface area contributed by atoms with Crippen LogP contribution in [-0.2, 0) is 10.9 Å². The van der Waals surface area contributed by atoms with Gasteiger partial charge in [0.1, 0.15) is 17.5 Å². The first-order valence-electron chi connectivity index (χ1n) is 7.86. The number of benzene rings is 1. The van der Waals surface area contributed by atoms with E-state index in [1.807, 2.05) is 0 Å². The van der Waals surface area contributed by atoms with Crippen molar-refractivity contribution in [3.8, 4) is 5.75 Å². The number of hydrogen-bond donors (Lipinski definition) is 1. The third kappa shape index (κ3) is 5.62. The molecule has 0 bridgehead atoms. The zero-order valence-corrected chi connectivity index (χ0v) is 13.9. The second-order valence-electron chi connectivity index (χ2n) is 6.92. The van der Waals surface area contributed by atoms with Gasteiger partial charge in [-0.25, -0.2) is 4.79 Å². The minimum atomic E-state index is -4.39. The third-order valence-electron chi connectivity index (χ3n) is 3.57. The van der Waals surface area contributed by atoms with E-state index in [1.165, 1.54) is 12.1 Å². The Morgan fingerprint density at radius 3 is 2.54 bits per heavy atom. The predicted molar refractivity (Wildman–Crippen MR) is 82.9 cm³/mol. The van der Waals surface area contributed by atoms with Gasteiger partial charge in [-0.1, -0.05) is 6.07 Å². The Morgan fingerprint density at radius 2 is 1.92 bits per heavy atom. The minimum Gasteiger partial charge on any atom is -0.490 e. The van der Waals surface area contributed by atoms with Crippen molar-refractivity contribution in [1.29, 1.82) is 0 Å². The van der Waals surface area contributed by atoms with Crippen LogP contribution in [0.2, 0.25) is 0 Å². The highest BCUT2D eigenvalue weighted by molar-refractivity contribution is 5.68. The van der Waals surface area contributed by atoms with Gasteiger partial charge in [-0.2, -0.15) is 13.2 Å². The number of halogens is 3. The van der Waals surface area contributed by atoms with Crippen molar-refractivity contribution in [3.05, 3.63) is 29.8 Å². The quantitative estimate of drug-likeness (QED) is 0.875. The van der Waals surface area contributed by atoms with E-state index in [9.17, 15) is 18.0 Å². The van der Waals surface area contributed by atoms with Crippen LogP contribution in [0.3, 0.4) is 0 Å². The van der Waals surface area contributed by atoms with Crippen molar-refractivity contribution in [1.82, 2.24) is 5.32 Å². The van der Waals surface area contributed by atoms with Gasteiger partial charge in [0, 0.05) is 12.5 Å². The molecule has 1 aliphatic carbocycles. The Morgan fingerprint density at radius 1 is 1.21 bits per heavy atom. The van der Waals surface area contributed by atoms with Gasteiger partial charge in [-0.15, -0.1) is 0 Å². The van der Waals surface area contributed by atoms with Crippen molar-refractivity contribution in [2.45, 2.75) is 64.0 Å². The SMILES string of the molecule is CC(C)(C)OC(=O)NC1CCC(Oc2cccc(C(F)(F)F)c2)C1. The van der Waals surface area contributed by atoms with Crippen molar-refractivity contribution in [2.24, 2.45) is 0 Å². The number of alkyl carbamates (subject to hydrolysis) is 1. The van der Waals surface area contributed by atoms with Crippen LogP contribution in [0.4, 0.5) is 18.0 Å². The Labute approximate surface area is 139 Å². The summed E-state index contributed by atoms with van der Waals surface area (Å²) in [7, 11) is 0. The molecule has 7 heteroatoms. The highest BCUT2D eigenvalue weighted by Gasteiger charge is 2.32. The van der Waals surface area contributed by atoms with Crippen LogP contribution >= 0.6 is 0 Å². The van der Waals surface area contributed by atoms with Gasteiger partial charge in [0.25, 0.3) is 0 Å². The Hall–Kier alpha value is -1.92. The van der Waals surface area contributed by atoms with Crippen molar-refractivity contribution < 1.29 is 27.4 Å². The molecule has 1 fully saturated rings. The fourth-order valence-electron chi connectivity index (χ4n) is 2.59. The summed E-state index contributed by atoms with van der Waals surface area (Å²) in [6, 6.07) is 4.73. The second-order valence-corrected chi connectivity index (χ2v) is 6.92. The number of carbonyl (C=O) groups excluding carboxylic acids is 1. The Balaban J connectivity index is 1.87. The summed E-state index contributed by atoms with van der Waals surface area (Å²) < 4.78 is 48.9. The molecule has 1 aromatic rings. The van der Waals surface area contributed by atoms with Gasteiger partial charge < -0.3 is 14.8 Å². The lowest BCUT2D eigenvalue weighted by Crippen LogP contribution is -2.38. The maximum absolute atomic E-state index is 12.7. The average Bonchev–Trinajstić information content (AvgIpc) is 2.83. The molecular formula is C17H22F3NO3. The number of nitrogens with one attached hydrogen (secondary N) is 1. The molecule has 0 heterocycles. The van der Waals surface area contributed by atoms with Crippen molar-refractivity contribution in [2.75, 3.05) is 0 Å². The standard InChI is InChI=1S/C17H22F3NO3/c1-16(2,3)24-15(22)21-12-7-8-14(10-12)23-13-6-4-5-11(9-13)17(18,19)20/h4-6,9,12,14H,7-8,10H2,1-3H3,(H,21,22). The molecule has 0 radical (unpaired) electrons. The van der Waals surface area contributed by atoms with E-state index >= 15 is 0 Å². The molecule has 0 saturated heterocycles. The van der Waals surface area contributed by atoms with Crippen LogP contribution in [-0.4, -0.2) is 23.8 Å². The summed E-state index contributed by atoms with van der Waals surface area (Å²) in [6.45, 7) is 5.34. The van der Waals surface area contributed by atoms with Crippen LogP contribution in [0.25, 0.3) is 0 Å². The number of amides is 1. The number of ether oxygens (including phenoxy) is 2. The molecule has 134 valence electrons. The van der Waals surface area contributed by atoms with Gasteiger partial charge in [0.15, 0.2) is 0 Å². The van der Waals surface area contributed by atoms with E-state index in [4.69, 9.17) is 9.47 Å². The molecule has 1 aromatic carbocycles. The molecule has 0 aliphatic heterocycles. The summed E-state index contributed by atoms with van der Waals surface area (Å²) >= 11 is 0. The molecule has 2 unspecified atom stereocenters. The fraction of sp³-hybridized carbons (Fsp3) is 0.588. The molecule has 2 rings (SSSR count). The van der Waals surface area contributed by atoms with Gasteiger partial charge in [-0.3, -0.25) is 0 Å². The van der Waals surface area contributed by atoms with Crippen LogP contribution in [0.5, 0.6) is 5.75 Å². The van der Waals surface area contributed by atoms with E-state index in [2.05, 4.69) is 5.32 Å². The van der Waals surface area contributed by atoms with E-state index in [-0.39, 0.29) is 17.9 Å². The van der Waals surface area contributed by atoms with Gasteiger partial charge >= 0.3 is 12.3 Å². The first-order valence-corrected chi connectivity index (χ1v) is 7.86. The number of alkyl halides is 3. The van der Waals surface area contributed by atoms with E-state index in [0.29, 0.717) is 19.3 Å². The molecule has 4 nitrogen and oxygen atoms in total. The molecule has 1 saturated carbocycles. The van der Waals surface area contributed by atoms with Crippen LogP contribution < -0.4 is 10.1 Å². The van der Waals surface area contributed by atoms with Crippen molar-refractivity contribution in [3.63, 3.8) is 0 Å². The Kier molecular flexibility index (Phi) is 5.30. The molecule has 2 atom stereocenters. The first kappa shape index (κ1) is 18.4. The lowest BCUT2D eigenvalue weighted by Gasteiger charge is -2.21. The lowest BCUT2D eigenvalue weighted by atomic mass is 10.2. The number of carbonyl (C=O) groups is 1. The molecule has 0 spiro atoms. The fourth-order valence-corrected chi connectivity index (χ4v) is 2.59. The smallest absolute Gasteiger partial charge is 0.416 e. The summed E-state index contributed by atoms with van der Waals surface area (Å²) in [5, 5.41) is 2.77. The first-order chi connectivity index (χ1) is 11.0. The third-order valence-corrected chi connectivity index (χ3v) is 3.57. The molecule has 1 aliphatic rings. The second kappa shape index (κ2) is 6.91. The highest BCUT2D eigenvalue weighted by atomic mass is 19.4. The normalized spacial score (nSPS) is 21.4. The summed E-state index contributed by atoms with van der Waals surface area (Å²) in [4.78, 5) is 11.7. The van der Waals surface area contributed by atoms with Crippen LogP contribution in [0.15, 0.2) is 24.3 Å². The van der Waals surface area contributed by atoms with Gasteiger partial charge in [0.2, 0.25) is 0 Å². The number of hydrogen-bond acceptors (Lipinski definition) is 3. The van der Waals surface area contributed by atoms with Gasteiger partial charge in [-0.05, 0) is 51.8 Å². The topological polar surface area (TPSA) is 47.6 Å². The van der Waals surface area contributed by atoms with E-state index < -0.39 is 23.4 Å².